The van der Waals surface area contributed by atoms with Gasteiger partial charge in [-0.05, 0) is 0 Å². The van der Waals surface area contributed by atoms with Crippen molar-refractivity contribution < 1.29 is 24.5 Å². The van der Waals surface area contributed by atoms with E-state index in [2.05, 4.69) is 10.6 Å². The minimum Gasteiger partial charge on any atom is -0.390 e. The van der Waals surface area contributed by atoms with Crippen LogP contribution in [0.3, 0.4) is 0 Å². The summed E-state index contributed by atoms with van der Waals surface area (Å²) in [6, 6.07) is 0. The number of methoxy groups -OCH3 is 1. The molecular formula is C11H24N4O5. The highest BCUT2D eigenvalue weighted by Crippen LogP contribution is 2.07. The number of rotatable bonds is 10. The number of aliphatic hydroxyl groups is 2. The van der Waals surface area contributed by atoms with Gasteiger partial charge in [-0.25, -0.2) is 0 Å². The molecule has 0 aromatic carbocycles. The Hall–Kier alpha value is -1.26. The fraction of sp³-hybridized carbons (Fsp3) is 0.818. The zero-order valence-electron chi connectivity index (χ0n) is 11.5. The van der Waals surface area contributed by atoms with Gasteiger partial charge in [0.25, 0.3) is 5.91 Å². The minimum atomic E-state index is -1.65. The average molecular weight is 292 g/mol. The van der Waals surface area contributed by atoms with Crippen molar-refractivity contribution >= 4 is 11.8 Å². The van der Waals surface area contributed by atoms with Crippen molar-refractivity contribution in [3.63, 3.8) is 0 Å². The molecule has 118 valence electrons. The van der Waals surface area contributed by atoms with Crippen LogP contribution >= 0.6 is 0 Å². The van der Waals surface area contributed by atoms with E-state index < -0.39 is 30.1 Å². The molecule has 9 nitrogen and oxygen atoms in total. The molecule has 0 radical (unpaired) electrons. The van der Waals surface area contributed by atoms with Crippen molar-refractivity contribution in [3.8, 4) is 0 Å². The number of aliphatic hydroxyl groups excluding tert-OH is 2. The summed E-state index contributed by atoms with van der Waals surface area (Å²) in [6.07, 6.45) is -4.28. The molecule has 0 bridgehead atoms. The third-order valence-corrected chi connectivity index (χ3v) is 2.55. The lowest BCUT2D eigenvalue weighted by atomic mass is 10.1. The Kier molecular flexibility index (Phi) is 9.86. The number of ether oxygens (including phenoxy) is 1. The van der Waals surface area contributed by atoms with Crippen molar-refractivity contribution in [2.75, 3.05) is 33.3 Å². The zero-order valence-corrected chi connectivity index (χ0v) is 11.5. The Morgan fingerprint density at radius 2 is 1.60 bits per heavy atom. The van der Waals surface area contributed by atoms with Crippen molar-refractivity contribution in [2.24, 2.45) is 11.5 Å². The van der Waals surface area contributed by atoms with Gasteiger partial charge in [-0.1, -0.05) is 0 Å². The molecule has 2 amide bonds. The van der Waals surface area contributed by atoms with Crippen molar-refractivity contribution in [1.82, 2.24) is 10.6 Å². The highest BCUT2D eigenvalue weighted by Gasteiger charge is 2.29. The van der Waals surface area contributed by atoms with Gasteiger partial charge in [0.1, 0.15) is 6.10 Å². The number of carbonyl (C=O) groups is 2. The molecule has 3 atom stereocenters. The molecule has 0 spiro atoms. The molecule has 9 heteroatoms. The molecule has 0 aromatic rings. The Morgan fingerprint density at radius 3 is 2.05 bits per heavy atom. The maximum Gasteiger partial charge on any atom is 0.251 e. The molecule has 20 heavy (non-hydrogen) atoms. The van der Waals surface area contributed by atoms with Gasteiger partial charge in [-0.3, -0.25) is 9.59 Å². The Balaban J connectivity index is 4.34. The highest BCUT2D eigenvalue weighted by atomic mass is 16.5. The van der Waals surface area contributed by atoms with Gasteiger partial charge in [0.05, 0.1) is 6.10 Å². The molecule has 0 aliphatic rings. The Bertz CT molecular complexity index is 303. The number of amides is 2. The number of hydrogen-bond donors (Lipinski definition) is 6. The lowest BCUT2D eigenvalue weighted by Gasteiger charge is -2.21. The van der Waals surface area contributed by atoms with Crippen LogP contribution in [0.15, 0.2) is 0 Å². The molecule has 8 N–H and O–H groups in total. The molecular weight excluding hydrogens is 268 g/mol. The van der Waals surface area contributed by atoms with Crippen molar-refractivity contribution in [1.29, 1.82) is 0 Å². The van der Waals surface area contributed by atoms with Gasteiger partial charge < -0.3 is 37.1 Å². The van der Waals surface area contributed by atoms with Crippen LogP contribution in [0.25, 0.3) is 0 Å². The first-order valence-corrected chi connectivity index (χ1v) is 6.32. The van der Waals surface area contributed by atoms with Crippen LogP contribution in [0.5, 0.6) is 0 Å². The average Bonchev–Trinajstić information content (AvgIpc) is 2.46. The van der Waals surface area contributed by atoms with Crippen LogP contribution < -0.4 is 22.1 Å². The van der Waals surface area contributed by atoms with E-state index >= 15 is 0 Å². The highest BCUT2D eigenvalue weighted by molar-refractivity contribution is 5.82. The number of nitrogens with one attached hydrogen (secondary N) is 2. The maximum atomic E-state index is 11.6. The lowest BCUT2D eigenvalue weighted by molar-refractivity contribution is -0.141. The van der Waals surface area contributed by atoms with Crippen LogP contribution in [-0.4, -0.2) is 73.6 Å². The Morgan fingerprint density at radius 1 is 1.10 bits per heavy atom. The predicted octanol–water partition coefficient (Wildman–Crippen LogP) is -3.74. The summed E-state index contributed by atoms with van der Waals surface area (Å²) in [7, 11) is 1.29. The summed E-state index contributed by atoms with van der Waals surface area (Å²) in [5.41, 5.74) is 10.4. The third-order valence-electron chi connectivity index (χ3n) is 2.55. The summed E-state index contributed by atoms with van der Waals surface area (Å²) in [5.74, 6) is -1.22. The molecule has 0 heterocycles. The zero-order chi connectivity index (χ0) is 15.5. The predicted molar refractivity (Wildman–Crippen MR) is 71.6 cm³/mol. The second kappa shape index (κ2) is 10.5. The summed E-state index contributed by atoms with van der Waals surface area (Å²) in [6.45, 7) is 0.952. The van der Waals surface area contributed by atoms with E-state index in [1.165, 1.54) is 7.11 Å². The van der Waals surface area contributed by atoms with Crippen LogP contribution in [0.4, 0.5) is 0 Å². The summed E-state index contributed by atoms with van der Waals surface area (Å²) < 4.78 is 4.92. The van der Waals surface area contributed by atoms with E-state index in [9.17, 15) is 19.8 Å². The van der Waals surface area contributed by atoms with E-state index in [4.69, 9.17) is 16.2 Å². The van der Waals surface area contributed by atoms with Crippen molar-refractivity contribution in [3.05, 3.63) is 0 Å². The third kappa shape index (κ3) is 6.78. The topological polar surface area (TPSA) is 160 Å². The molecule has 0 fully saturated rings. The van der Waals surface area contributed by atoms with Gasteiger partial charge in [0.15, 0.2) is 6.10 Å². The first-order chi connectivity index (χ1) is 9.47. The van der Waals surface area contributed by atoms with E-state index in [0.717, 1.165) is 0 Å². The van der Waals surface area contributed by atoms with Gasteiger partial charge in [-0.2, -0.15) is 0 Å². The van der Waals surface area contributed by atoms with Crippen LogP contribution in [-0.2, 0) is 14.3 Å². The van der Waals surface area contributed by atoms with Gasteiger partial charge in [-0.15, -0.1) is 0 Å². The molecule has 0 aliphatic carbocycles. The summed E-state index contributed by atoms with van der Waals surface area (Å²) >= 11 is 0. The van der Waals surface area contributed by atoms with Gasteiger partial charge in [0.2, 0.25) is 5.91 Å². The normalized spacial score (nSPS) is 15.2. The maximum absolute atomic E-state index is 11.6. The van der Waals surface area contributed by atoms with E-state index in [1.807, 2.05) is 0 Å². The van der Waals surface area contributed by atoms with Gasteiger partial charge >= 0.3 is 0 Å². The quantitative estimate of drug-likeness (QED) is 0.241. The molecule has 0 rings (SSSR count). The lowest BCUT2D eigenvalue weighted by Crippen LogP contribution is -2.47. The SMILES string of the molecule is COC(CC(O)C(O)C(=O)NCCN)C(=O)NCCN. The largest absolute Gasteiger partial charge is 0.390 e. The monoisotopic (exact) mass is 292 g/mol. The molecule has 0 saturated heterocycles. The minimum absolute atomic E-state index is 0.188. The van der Waals surface area contributed by atoms with E-state index in [1.54, 1.807) is 0 Å². The second-order valence-corrected chi connectivity index (χ2v) is 4.13. The smallest absolute Gasteiger partial charge is 0.251 e. The fourth-order valence-electron chi connectivity index (χ4n) is 1.44. The van der Waals surface area contributed by atoms with E-state index in [-0.39, 0.29) is 32.6 Å². The number of nitrogens with two attached hydrogens (primary N) is 2. The van der Waals surface area contributed by atoms with Crippen molar-refractivity contribution in [2.45, 2.75) is 24.7 Å². The molecule has 0 saturated carbocycles. The van der Waals surface area contributed by atoms with Gasteiger partial charge in [0, 0.05) is 39.7 Å². The Labute approximate surface area is 117 Å². The van der Waals surface area contributed by atoms with Crippen LogP contribution in [0, 0.1) is 0 Å². The standard InChI is InChI=1S/C11H24N4O5/c1-20-8(10(18)14-4-2-12)6-7(16)9(17)11(19)15-5-3-13/h7-9,16-17H,2-6,12-13H2,1H3,(H,14,18)(H,15,19). The van der Waals surface area contributed by atoms with E-state index in [0.29, 0.717) is 0 Å². The number of hydrogen-bond acceptors (Lipinski definition) is 7. The van der Waals surface area contributed by atoms with Crippen LogP contribution in [0.1, 0.15) is 6.42 Å². The molecule has 3 unspecified atom stereocenters. The first kappa shape index (κ1) is 18.7. The van der Waals surface area contributed by atoms with Crippen LogP contribution in [0.2, 0.25) is 0 Å². The fourth-order valence-corrected chi connectivity index (χ4v) is 1.44. The summed E-state index contributed by atoms with van der Waals surface area (Å²) in [4.78, 5) is 23.1. The first-order valence-electron chi connectivity index (χ1n) is 6.32. The number of carbonyl (C=O) groups excluding carboxylic acids is 2. The molecule has 0 aliphatic heterocycles. The second-order valence-electron chi connectivity index (χ2n) is 4.13. The molecule has 0 aromatic heterocycles. The summed E-state index contributed by atoms with van der Waals surface area (Å²) in [5, 5.41) is 24.2.